The van der Waals surface area contributed by atoms with E-state index in [2.05, 4.69) is 41.7 Å². The number of amides is 1. The van der Waals surface area contributed by atoms with Crippen LogP contribution in [0, 0.1) is 0 Å². The lowest BCUT2D eigenvalue weighted by molar-refractivity contribution is -0.123. The fourth-order valence-electron chi connectivity index (χ4n) is 2.98. The molecule has 0 spiro atoms. The number of nitrogens with two attached hydrogens (primary N) is 1. The van der Waals surface area contributed by atoms with Crippen LogP contribution in [0.2, 0.25) is 0 Å². The molecule has 0 saturated heterocycles. The quantitative estimate of drug-likeness (QED) is 0.739. The summed E-state index contributed by atoms with van der Waals surface area (Å²) >= 11 is 1.85. The molecule has 1 heterocycles. The molecule has 0 radical (unpaired) electrons. The molecule has 3 rings (SSSR count). The van der Waals surface area contributed by atoms with Gasteiger partial charge in [-0.2, -0.15) is 0 Å². The third kappa shape index (κ3) is 5.02. The van der Waals surface area contributed by atoms with Gasteiger partial charge in [-0.05, 0) is 54.8 Å². The van der Waals surface area contributed by atoms with E-state index in [9.17, 15) is 4.79 Å². The van der Waals surface area contributed by atoms with Crippen molar-refractivity contribution in [1.29, 1.82) is 0 Å². The number of ether oxygens (including phenoxy) is 1. The van der Waals surface area contributed by atoms with E-state index in [-0.39, 0.29) is 11.9 Å². The summed E-state index contributed by atoms with van der Waals surface area (Å²) in [5.41, 5.74) is 8.39. The van der Waals surface area contributed by atoms with Gasteiger partial charge in [0.15, 0.2) is 0 Å². The van der Waals surface area contributed by atoms with Gasteiger partial charge in [-0.15, -0.1) is 11.8 Å². The zero-order valence-electron chi connectivity index (χ0n) is 15.1. The number of benzene rings is 2. The standard InChI is InChI=1S/C21H26N2O2S/c1-15-14-25-17-8-6-7-16(13-17)18-9-2-3-11-20(18)26-12-5-4-10-19(22)21(24)23-15/h2-3,6-9,11,13,15,19H,4-5,10,12,14,22H2,1H3,(H,23,24)/t15-,19+/m1/s1. The average Bonchev–Trinajstić information content (AvgIpc) is 2.66. The molecule has 2 aromatic carbocycles. The van der Waals surface area contributed by atoms with E-state index in [1.165, 1.54) is 10.5 Å². The molecule has 1 aliphatic rings. The Hall–Kier alpha value is -1.98. The Kier molecular flexibility index (Phi) is 6.58. The number of nitrogens with one attached hydrogen (secondary N) is 1. The molecule has 5 heteroatoms. The lowest BCUT2D eigenvalue weighted by atomic mass is 10.1. The smallest absolute Gasteiger partial charge is 0.237 e. The SMILES string of the molecule is C[C@@H]1COc2cccc(c2)-c2ccccc2SCCCC[C@H](N)C(=O)N1. The zero-order chi connectivity index (χ0) is 18.4. The van der Waals surface area contributed by atoms with Gasteiger partial charge in [-0.25, -0.2) is 0 Å². The zero-order valence-corrected chi connectivity index (χ0v) is 15.9. The fraction of sp³-hybridized carbons (Fsp3) is 0.381. The molecule has 0 aliphatic carbocycles. The molecule has 138 valence electrons. The average molecular weight is 371 g/mol. The van der Waals surface area contributed by atoms with Crippen LogP contribution in [0.4, 0.5) is 0 Å². The summed E-state index contributed by atoms with van der Waals surface area (Å²) in [6.45, 7) is 2.35. The molecule has 0 saturated carbocycles. The van der Waals surface area contributed by atoms with Crippen LogP contribution in [0.1, 0.15) is 26.2 Å². The lowest BCUT2D eigenvalue weighted by Gasteiger charge is -2.19. The predicted molar refractivity (Wildman–Crippen MR) is 108 cm³/mol. The van der Waals surface area contributed by atoms with Gasteiger partial charge in [0.1, 0.15) is 12.4 Å². The summed E-state index contributed by atoms with van der Waals surface area (Å²) in [4.78, 5) is 13.4. The van der Waals surface area contributed by atoms with Gasteiger partial charge >= 0.3 is 0 Å². The highest BCUT2D eigenvalue weighted by Gasteiger charge is 2.16. The minimum absolute atomic E-state index is 0.0899. The Balaban J connectivity index is 1.85. The second-order valence-corrected chi connectivity index (χ2v) is 7.83. The molecule has 0 unspecified atom stereocenters. The van der Waals surface area contributed by atoms with Crippen LogP contribution < -0.4 is 15.8 Å². The highest BCUT2D eigenvalue weighted by atomic mass is 32.2. The topological polar surface area (TPSA) is 64.3 Å². The van der Waals surface area contributed by atoms with Gasteiger partial charge in [0.05, 0.1) is 12.1 Å². The Morgan fingerprint density at radius 2 is 2.00 bits per heavy atom. The molecular formula is C21H26N2O2S. The molecule has 1 aliphatic heterocycles. The third-order valence-corrected chi connectivity index (χ3v) is 5.58. The first kappa shape index (κ1) is 18.8. The highest BCUT2D eigenvalue weighted by molar-refractivity contribution is 7.99. The van der Waals surface area contributed by atoms with Crippen molar-refractivity contribution in [2.24, 2.45) is 5.73 Å². The summed E-state index contributed by atoms with van der Waals surface area (Å²) in [6.07, 6.45) is 2.70. The second kappa shape index (κ2) is 9.10. The summed E-state index contributed by atoms with van der Waals surface area (Å²) in [7, 11) is 0. The summed E-state index contributed by atoms with van der Waals surface area (Å²) in [5, 5.41) is 2.94. The van der Waals surface area contributed by atoms with E-state index in [1.54, 1.807) is 0 Å². The van der Waals surface area contributed by atoms with E-state index in [1.807, 2.05) is 30.8 Å². The summed E-state index contributed by atoms with van der Waals surface area (Å²) in [5.74, 6) is 1.72. The Morgan fingerprint density at radius 3 is 2.88 bits per heavy atom. The number of carbonyl (C=O) groups is 1. The van der Waals surface area contributed by atoms with Crippen LogP contribution in [0.3, 0.4) is 0 Å². The maximum Gasteiger partial charge on any atom is 0.237 e. The Labute approximate surface area is 159 Å². The van der Waals surface area contributed by atoms with Gasteiger partial charge in [0, 0.05) is 4.90 Å². The molecule has 2 bridgehead atoms. The molecule has 0 aromatic heterocycles. The van der Waals surface area contributed by atoms with Crippen molar-refractivity contribution in [3.05, 3.63) is 48.5 Å². The highest BCUT2D eigenvalue weighted by Crippen LogP contribution is 2.33. The van der Waals surface area contributed by atoms with Crippen molar-refractivity contribution in [3.8, 4) is 16.9 Å². The third-order valence-electron chi connectivity index (χ3n) is 4.42. The molecular weight excluding hydrogens is 344 g/mol. The molecule has 0 fully saturated rings. The van der Waals surface area contributed by atoms with E-state index in [0.717, 1.165) is 29.9 Å². The van der Waals surface area contributed by atoms with Gasteiger partial charge < -0.3 is 15.8 Å². The van der Waals surface area contributed by atoms with Crippen LogP contribution in [0.15, 0.2) is 53.4 Å². The number of rotatable bonds is 0. The Morgan fingerprint density at radius 1 is 1.15 bits per heavy atom. The Bertz CT molecular complexity index is 750. The molecule has 26 heavy (non-hydrogen) atoms. The minimum Gasteiger partial charge on any atom is -0.491 e. The number of hydrogen-bond acceptors (Lipinski definition) is 4. The maximum absolute atomic E-state index is 12.2. The number of hydrogen-bond donors (Lipinski definition) is 2. The van der Waals surface area contributed by atoms with E-state index in [4.69, 9.17) is 10.5 Å². The molecule has 1 amide bonds. The van der Waals surface area contributed by atoms with E-state index in [0.29, 0.717) is 13.0 Å². The summed E-state index contributed by atoms with van der Waals surface area (Å²) < 4.78 is 5.90. The first-order valence-electron chi connectivity index (χ1n) is 9.14. The lowest BCUT2D eigenvalue weighted by Crippen LogP contribution is -2.46. The molecule has 2 aromatic rings. The van der Waals surface area contributed by atoms with Crippen LogP contribution in [-0.2, 0) is 4.79 Å². The number of carbonyl (C=O) groups excluding carboxylic acids is 1. The number of fused-ring (bicyclic) bond motifs is 4. The van der Waals surface area contributed by atoms with E-state index < -0.39 is 6.04 Å². The minimum atomic E-state index is -0.453. The van der Waals surface area contributed by atoms with Gasteiger partial charge in [0.25, 0.3) is 0 Å². The largest absolute Gasteiger partial charge is 0.491 e. The van der Waals surface area contributed by atoms with Crippen LogP contribution in [-0.4, -0.2) is 30.4 Å². The van der Waals surface area contributed by atoms with Crippen molar-refractivity contribution in [1.82, 2.24) is 5.32 Å². The maximum atomic E-state index is 12.2. The van der Waals surface area contributed by atoms with Crippen LogP contribution in [0.25, 0.3) is 11.1 Å². The summed E-state index contributed by atoms with van der Waals surface area (Å²) in [6, 6.07) is 16.1. The van der Waals surface area contributed by atoms with Crippen molar-refractivity contribution >= 4 is 17.7 Å². The van der Waals surface area contributed by atoms with Crippen molar-refractivity contribution < 1.29 is 9.53 Å². The molecule has 3 N–H and O–H groups in total. The van der Waals surface area contributed by atoms with Crippen molar-refractivity contribution in [3.63, 3.8) is 0 Å². The van der Waals surface area contributed by atoms with Gasteiger partial charge in [0.2, 0.25) is 5.91 Å². The van der Waals surface area contributed by atoms with Gasteiger partial charge in [-0.1, -0.05) is 36.8 Å². The molecule has 4 nitrogen and oxygen atoms in total. The molecule has 2 atom stereocenters. The second-order valence-electron chi connectivity index (χ2n) is 6.70. The van der Waals surface area contributed by atoms with Crippen molar-refractivity contribution in [2.75, 3.05) is 12.4 Å². The van der Waals surface area contributed by atoms with Crippen LogP contribution in [0.5, 0.6) is 5.75 Å². The van der Waals surface area contributed by atoms with E-state index >= 15 is 0 Å². The predicted octanol–water partition coefficient (Wildman–Crippen LogP) is 3.84. The normalized spacial score (nSPS) is 22.0. The first-order valence-corrected chi connectivity index (χ1v) is 10.1. The number of thioether (sulfide) groups is 1. The monoisotopic (exact) mass is 370 g/mol. The first-order chi connectivity index (χ1) is 12.6. The van der Waals surface area contributed by atoms with Crippen LogP contribution >= 0.6 is 11.8 Å². The fourth-order valence-corrected chi connectivity index (χ4v) is 4.06. The van der Waals surface area contributed by atoms with Gasteiger partial charge in [-0.3, -0.25) is 4.79 Å². The van der Waals surface area contributed by atoms with Crippen molar-refractivity contribution in [2.45, 2.75) is 43.2 Å².